The van der Waals surface area contributed by atoms with Crippen LogP contribution in [0.1, 0.15) is 25.7 Å². The summed E-state index contributed by atoms with van der Waals surface area (Å²) >= 11 is 0. The summed E-state index contributed by atoms with van der Waals surface area (Å²) < 4.78 is 4.97. The number of methoxy groups -OCH3 is 1. The van der Waals surface area contributed by atoms with Crippen LogP contribution >= 0.6 is 0 Å². The SMILES string of the molecule is COCC1CCCC[C]1O. The van der Waals surface area contributed by atoms with Gasteiger partial charge in [-0.3, -0.25) is 0 Å². The molecule has 0 saturated heterocycles. The summed E-state index contributed by atoms with van der Waals surface area (Å²) in [6.45, 7) is 0.686. The van der Waals surface area contributed by atoms with Crippen molar-refractivity contribution in [2.45, 2.75) is 25.7 Å². The van der Waals surface area contributed by atoms with Crippen molar-refractivity contribution >= 4 is 0 Å². The molecular formula is C8H15O2. The van der Waals surface area contributed by atoms with Crippen LogP contribution in [0.15, 0.2) is 0 Å². The van der Waals surface area contributed by atoms with Crippen LogP contribution in [0.5, 0.6) is 0 Å². The second-order valence-corrected chi connectivity index (χ2v) is 2.89. The fourth-order valence-corrected chi connectivity index (χ4v) is 1.45. The molecule has 10 heavy (non-hydrogen) atoms. The maximum atomic E-state index is 9.34. The van der Waals surface area contributed by atoms with Crippen LogP contribution in [0.25, 0.3) is 0 Å². The third-order valence-electron chi connectivity index (χ3n) is 2.07. The van der Waals surface area contributed by atoms with Gasteiger partial charge in [0.05, 0.1) is 12.7 Å². The molecule has 1 atom stereocenters. The normalized spacial score (nSPS) is 28.8. The van der Waals surface area contributed by atoms with Gasteiger partial charge in [-0.15, -0.1) is 0 Å². The van der Waals surface area contributed by atoms with E-state index in [-0.39, 0.29) is 0 Å². The first kappa shape index (κ1) is 8.02. The molecule has 0 bridgehead atoms. The third kappa shape index (κ3) is 1.96. The van der Waals surface area contributed by atoms with Crippen LogP contribution in [0.2, 0.25) is 0 Å². The van der Waals surface area contributed by atoms with Crippen molar-refractivity contribution in [1.82, 2.24) is 0 Å². The summed E-state index contributed by atoms with van der Waals surface area (Å²) in [4.78, 5) is 0. The fourth-order valence-electron chi connectivity index (χ4n) is 1.45. The molecule has 1 N–H and O–H groups in total. The Bertz CT molecular complexity index is 91.3. The predicted molar refractivity (Wildman–Crippen MR) is 39.0 cm³/mol. The van der Waals surface area contributed by atoms with E-state index in [1.807, 2.05) is 0 Å². The first-order valence-corrected chi connectivity index (χ1v) is 3.88. The zero-order chi connectivity index (χ0) is 7.40. The topological polar surface area (TPSA) is 29.5 Å². The third-order valence-corrected chi connectivity index (χ3v) is 2.07. The van der Waals surface area contributed by atoms with E-state index in [4.69, 9.17) is 4.74 Å². The molecule has 1 aliphatic rings. The van der Waals surface area contributed by atoms with E-state index in [1.165, 1.54) is 6.42 Å². The highest BCUT2D eigenvalue weighted by molar-refractivity contribution is 4.88. The van der Waals surface area contributed by atoms with Crippen LogP contribution in [0.4, 0.5) is 0 Å². The molecule has 2 heteroatoms. The average molecular weight is 143 g/mol. The molecule has 2 nitrogen and oxygen atoms in total. The molecule has 1 unspecified atom stereocenters. The van der Waals surface area contributed by atoms with E-state index in [0.29, 0.717) is 18.6 Å². The highest BCUT2D eigenvalue weighted by atomic mass is 16.5. The van der Waals surface area contributed by atoms with Gasteiger partial charge in [0.15, 0.2) is 0 Å². The molecular weight excluding hydrogens is 128 g/mol. The van der Waals surface area contributed by atoms with E-state index in [9.17, 15) is 5.11 Å². The van der Waals surface area contributed by atoms with Crippen molar-refractivity contribution in [3.8, 4) is 0 Å². The minimum atomic E-state index is 0.318. The van der Waals surface area contributed by atoms with Crippen molar-refractivity contribution < 1.29 is 9.84 Å². The Hall–Kier alpha value is -0.0800. The molecule has 0 aromatic rings. The molecule has 0 aliphatic heterocycles. The lowest BCUT2D eigenvalue weighted by molar-refractivity contribution is 0.0875. The Morgan fingerprint density at radius 2 is 2.40 bits per heavy atom. The van der Waals surface area contributed by atoms with E-state index >= 15 is 0 Å². The molecule has 59 valence electrons. The van der Waals surface area contributed by atoms with Crippen molar-refractivity contribution in [3.63, 3.8) is 0 Å². The van der Waals surface area contributed by atoms with Crippen molar-refractivity contribution in [2.24, 2.45) is 5.92 Å². The molecule has 0 aromatic heterocycles. The number of hydrogen-bond acceptors (Lipinski definition) is 2. The molecule has 0 amide bonds. The second kappa shape index (κ2) is 3.94. The monoisotopic (exact) mass is 143 g/mol. The molecule has 1 radical (unpaired) electrons. The van der Waals surface area contributed by atoms with Crippen LogP contribution in [0, 0.1) is 12.0 Å². The van der Waals surface area contributed by atoms with Crippen LogP contribution < -0.4 is 0 Å². The number of rotatable bonds is 2. The minimum Gasteiger partial charge on any atom is -0.386 e. The van der Waals surface area contributed by atoms with Crippen molar-refractivity contribution in [1.29, 1.82) is 0 Å². The minimum absolute atomic E-state index is 0.318. The Morgan fingerprint density at radius 3 is 3.00 bits per heavy atom. The van der Waals surface area contributed by atoms with Gasteiger partial charge in [0, 0.05) is 13.0 Å². The summed E-state index contributed by atoms with van der Waals surface area (Å²) in [6.07, 6.45) is 5.01. The maximum absolute atomic E-state index is 9.34. The van der Waals surface area contributed by atoms with Crippen molar-refractivity contribution in [2.75, 3.05) is 13.7 Å². The number of hydrogen-bond donors (Lipinski definition) is 1. The van der Waals surface area contributed by atoms with Gasteiger partial charge in [0.1, 0.15) is 0 Å². The first-order chi connectivity index (χ1) is 4.84. The highest BCUT2D eigenvalue weighted by Crippen LogP contribution is 2.29. The van der Waals surface area contributed by atoms with E-state index < -0.39 is 0 Å². The Morgan fingerprint density at radius 1 is 1.60 bits per heavy atom. The molecule has 0 heterocycles. The first-order valence-electron chi connectivity index (χ1n) is 3.88. The quantitative estimate of drug-likeness (QED) is 0.637. The smallest absolute Gasteiger partial charge is 0.0986 e. The molecule has 1 fully saturated rings. The summed E-state index contributed by atoms with van der Waals surface area (Å²) in [5, 5.41) is 9.34. The fraction of sp³-hybridized carbons (Fsp3) is 0.875. The summed E-state index contributed by atoms with van der Waals surface area (Å²) in [7, 11) is 1.68. The summed E-state index contributed by atoms with van der Waals surface area (Å²) in [6, 6.07) is 0. The van der Waals surface area contributed by atoms with Gasteiger partial charge in [-0.1, -0.05) is 12.8 Å². The van der Waals surface area contributed by atoms with Gasteiger partial charge in [0.25, 0.3) is 0 Å². The van der Waals surface area contributed by atoms with Gasteiger partial charge in [-0.2, -0.15) is 0 Å². The maximum Gasteiger partial charge on any atom is 0.0986 e. The van der Waals surface area contributed by atoms with Gasteiger partial charge in [-0.05, 0) is 12.8 Å². The summed E-state index contributed by atoms with van der Waals surface area (Å²) in [5.74, 6) is 0.318. The van der Waals surface area contributed by atoms with Crippen molar-refractivity contribution in [3.05, 3.63) is 6.10 Å². The van der Waals surface area contributed by atoms with Gasteiger partial charge >= 0.3 is 0 Å². The largest absolute Gasteiger partial charge is 0.386 e. The second-order valence-electron chi connectivity index (χ2n) is 2.89. The predicted octanol–water partition coefficient (Wildman–Crippen LogP) is 1.73. The Balaban J connectivity index is 2.25. The molecule has 0 aromatic carbocycles. The van der Waals surface area contributed by atoms with Crippen LogP contribution in [-0.2, 0) is 4.74 Å². The lowest BCUT2D eigenvalue weighted by Crippen LogP contribution is -2.21. The number of ether oxygens (including phenoxy) is 1. The van der Waals surface area contributed by atoms with E-state index in [2.05, 4.69) is 0 Å². The Labute approximate surface area is 62.2 Å². The number of aliphatic hydroxyl groups excluding tert-OH is 1. The zero-order valence-electron chi connectivity index (χ0n) is 6.47. The lowest BCUT2D eigenvalue weighted by Gasteiger charge is -2.25. The lowest BCUT2D eigenvalue weighted by atomic mass is 9.87. The highest BCUT2D eigenvalue weighted by Gasteiger charge is 2.23. The van der Waals surface area contributed by atoms with Crippen LogP contribution in [0.3, 0.4) is 0 Å². The van der Waals surface area contributed by atoms with E-state index in [0.717, 1.165) is 19.3 Å². The molecule has 1 aliphatic carbocycles. The molecule has 1 saturated carbocycles. The molecule has 1 rings (SSSR count). The zero-order valence-corrected chi connectivity index (χ0v) is 6.47. The molecule has 0 spiro atoms. The standard InChI is InChI=1S/C8H15O2/c1-10-6-7-4-2-3-5-8(7)9/h7,9H,2-6H2,1H3. The number of aliphatic hydroxyl groups is 1. The Kier molecular flexibility index (Phi) is 3.16. The summed E-state index contributed by atoms with van der Waals surface area (Å²) in [5.41, 5.74) is 0. The average Bonchev–Trinajstić information content (AvgIpc) is 1.94. The van der Waals surface area contributed by atoms with Crippen LogP contribution in [-0.4, -0.2) is 18.8 Å². The van der Waals surface area contributed by atoms with Gasteiger partial charge in [0.2, 0.25) is 0 Å². The van der Waals surface area contributed by atoms with Gasteiger partial charge < -0.3 is 9.84 Å². The van der Waals surface area contributed by atoms with E-state index in [1.54, 1.807) is 7.11 Å². The van der Waals surface area contributed by atoms with Gasteiger partial charge in [-0.25, -0.2) is 0 Å².